The third kappa shape index (κ3) is 15.6. The molecule has 8 bridgehead atoms. The Morgan fingerprint density at radius 1 is 0.500 bits per heavy atom. The molecule has 12 rings (SSSR count). The van der Waals surface area contributed by atoms with Crippen molar-refractivity contribution in [1.29, 1.82) is 0 Å². The molecule has 0 aromatic carbocycles. The van der Waals surface area contributed by atoms with Gasteiger partial charge in [0.15, 0.2) is 0 Å². The van der Waals surface area contributed by atoms with E-state index in [2.05, 4.69) is 47.6 Å². The molecule has 560 valence electrons. The van der Waals surface area contributed by atoms with E-state index in [4.69, 9.17) is 73.6 Å². The summed E-state index contributed by atoms with van der Waals surface area (Å²) in [6.07, 6.45) is -3.79. The van der Waals surface area contributed by atoms with Gasteiger partial charge < -0.3 is 78.1 Å². The molecule has 0 saturated carbocycles. The fourth-order valence-corrected chi connectivity index (χ4v) is 21.7. The number of hydrogen-bond acceptors (Lipinski definition) is 32. The fraction of sp³-hybridized carbons (Fsp3) is 0.733. The van der Waals surface area contributed by atoms with Crippen LogP contribution < -0.4 is 21.3 Å². The maximum Gasteiger partial charge on any atom is 0.325 e. The Morgan fingerprint density at radius 2 is 0.970 bits per heavy atom. The lowest BCUT2D eigenvalue weighted by Crippen LogP contribution is -2.63. The van der Waals surface area contributed by atoms with Crippen molar-refractivity contribution >= 4 is 88.0 Å². The Balaban J connectivity index is 0.000000156. The fourth-order valence-electron chi connectivity index (χ4n) is 14.3. The second-order valence-corrected chi connectivity index (χ2v) is 33.3. The van der Waals surface area contributed by atoms with Gasteiger partial charge in [0.05, 0.1) is 50.3 Å². The summed E-state index contributed by atoms with van der Waals surface area (Å²) in [6.45, 7) is 26.1. The van der Waals surface area contributed by atoms with E-state index in [1.807, 2.05) is 6.92 Å². The molecule has 12 heterocycles. The molecule has 4 amide bonds. The first-order valence-electron chi connectivity index (χ1n) is 31.9. The average Bonchev–Trinajstić information content (AvgIpc) is 1.50. The standard InChI is InChI=1S/C16H23NO8S.2C15H21NO8S.C14H19NO8S/c1-5-11(18)17-9-12(19)22-6-7-23-16(4)14(2)8-10-13(24-14)15(16,3)25-26(10,20)21;1-8(2)14(18)16-7-11(17)21-4-5-22-12-9-6-10-13(23-9)15(12,3)24-25(10,19)20;1-7(2)15(18)16-6-9(17)21-4-5-22-11-10-8(3)14-13(23-10)12(11)24-25(14,19)20;1-7(2)14(17)15-6-10(16)20-3-4-21-11-8-5-9-12(22-8)13(11)23-24(9,18)19/h5,10,13H,1,6-9H2,2-4H3,(H,17,18);9-10,12-13H,1,4-7H2,2-3H3,(H,16,18);8,10-14H,1,4-6H2,2-3H3,(H,16,18);8-9,11-13H,1,3-6H2,2H3,(H,15,17). The van der Waals surface area contributed by atoms with Crippen LogP contribution in [0.15, 0.2) is 49.1 Å². The van der Waals surface area contributed by atoms with Crippen LogP contribution in [0.25, 0.3) is 0 Å². The summed E-state index contributed by atoms with van der Waals surface area (Å²) in [7, 11) is -14.5. The SMILES string of the molecule is C=C(C)C(=O)NCC(=O)OCCOC1C2CC3C(O2)C1(C)OS3(=O)=O.C=C(C)C(=O)NCC(=O)OCCOC1C2CC3C(O2)C1OS3(=O)=O.C=C(C)C(=O)NCC(=O)OCCOC1C2OC3C1OS(=O)(=O)C3C2C.C=CC(=O)NCC(=O)OCCOC1(C)C2(C)CC3C(O2)C1(C)OS3(=O)=O. The second-order valence-electron chi connectivity index (χ2n) is 26.3. The summed E-state index contributed by atoms with van der Waals surface area (Å²) >= 11 is 0. The molecule has 12 aliphatic rings. The molecule has 12 saturated heterocycles. The van der Waals surface area contributed by atoms with E-state index in [9.17, 15) is 72.0 Å². The van der Waals surface area contributed by atoms with E-state index in [1.165, 1.54) is 20.8 Å². The van der Waals surface area contributed by atoms with Gasteiger partial charge in [-0.05, 0) is 67.4 Å². The lowest BCUT2D eigenvalue weighted by Gasteiger charge is -2.45. The van der Waals surface area contributed by atoms with Gasteiger partial charge in [0, 0.05) is 29.1 Å². The van der Waals surface area contributed by atoms with Crippen molar-refractivity contribution in [2.45, 2.75) is 191 Å². The molecule has 21 unspecified atom stereocenters. The monoisotopic (exact) mass is 1500 g/mol. The Labute approximate surface area is 577 Å². The summed E-state index contributed by atoms with van der Waals surface area (Å²) in [6, 6.07) is 0. The first kappa shape index (κ1) is 78.2. The molecular weight excluding hydrogens is 1420 g/mol. The summed E-state index contributed by atoms with van der Waals surface area (Å²) in [5, 5.41) is 6.86. The van der Waals surface area contributed by atoms with Crippen molar-refractivity contribution in [2.75, 3.05) is 79.0 Å². The summed E-state index contributed by atoms with van der Waals surface area (Å²) in [5.74, 6) is -4.36. The molecule has 36 nitrogen and oxygen atoms in total. The maximum atomic E-state index is 12.2. The molecule has 0 spiro atoms. The zero-order chi connectivity index (χ0) is 73.6. The highest BCUT2D eigenvalue weighted by molar-refractivity contribution is 7.88. The Hall–Kier alpha value is -5.96. The average molecular weight is 1500 g/mol. The van der Waals surface area contributed by atoms with E-state index in [0.29, 0.717) is 36.0 Å². The Morgan fingerprint density at radius 3 is 1.50 bits per heavy atom. The van der Waals surface area contributed by atoms with Gasteiger partial charge in [-0.15, -0.1) is 0 Å². The number of fused-ring (bicyclic) bond motifs is 4. The topological polar surface area (TPSA) is 469 Å². The van der Waals surface area contributed by atoms with E-state index < -0.39 is 186 Å². The van der Waals surface area contributed by atoms with Crippen molar-refractivity contribution in [2.24, 2.45) is 5.92 Å². The van der Waals surface area contributed by atoms with Gasteiger partial charge in [0.2, 0.25) is 23.6 Å². The lowest BCUT2D eigenvalue weighted by atomic mass is 9.67. The van der Waals surface area contributed by atoms with Crippen LogP contribution in [-0.2, 0) is 152 Å². The van der Waals surface area contributed by atoms with Gasteiger partial charge in [-0.2, -0.15) is 33.7 Å². The highest BCUT2D eigenvalue weighted by Crippen LogP contribution is 2.64. The predicted octanol–water partition coefficient (Wildman–Crippen LogP) is -3.08. The van der Waals surface area contributed by atoms with Gasteiger partial charge in [0.25, 0.3) is 40.5 Å². The van der Waals surface area contributed by atoms with Crippen LogP contribution in [0, 0.1) is 5.92 Å². The van der Waals surface area contributed by atoms with Crippen LogP contribution >= 0.6 is 0 Å². The highest BCUT2D eigenvalue weighted by Gasteiger charge is 2.82. The molecule has 4 N–H and O–H groups in total. The van der Waals surface area contributed by atoms with Gasteiger partial charge in [-0.3, -0.25) is 55.1 Å². The number of rotatable bonds is 28. The first-order chi connectivity index (χ1) is 46.7. The largest absolute Gasteiger partial charge is 0.462 e. The summed E-state index contributed by atoms with van der Waals surface area (Å²) in [5.41, 5.74) is -3.11. The smallest absolute Gasteiger partial charge is 0.325 e. The van der Waals surface area contributed by atoms with Crippen molar-refractivity contribution in [3.05, 3.63) is 49.1 Å². The maximum absolute atomic E-state index is 12.2. The number of carbonyl (C=O) groups is 8. The highest BCUT2D eigenvalue weighted by atomic mass is 32.2. The van der Waals surface area contributed by atoms with Crippen LogP contribution in [0.5, 0.6) is 0 Å². The van der Waals surface area contributed by atoms with Gasteiger partial charge >= 0.3 is 23.9 Å². The zero-order valence-corrected chi connectivity index (χ0v) is 59.3. The van der Waals surface area contributed by atoms with Gasteiger partial charge in [0.1, 0.15) is 145 Å². The van der Waals surface area contributed by atoms with Crippen LogP contribution in [0.3, 0.4) is 0 Å². The molecule has 0 aliphatic carbocycles. The molecule has 0 radical (unpaired) electrons. The quantitative estimate of drug-likeness (QED) is 0.0198. The second kappa shape index (κ2) is 30.0. The molecule has 40 heteroatoms. The third-order valence-corrected chi connectivity index (χ3v) is 26.4. The van der Waals surface area contributed by atoms with Crippen molar-refractivity contribution in [3.63, 3.8) is 0 Å². The van der Waals surface area contributed by atoms with Crippen molar-refractivity contribution in [1.82, 2.24) is 21.3 Å². The van der Waals surface area contributed by atoms with Crippen LogP contribution in [0.4, 0.5) is 0 Å². The molecule has 0 aromatic rings. The number of ether oxygens (including phenoxy) is 12. The summed E-state index contributed by atoms with van der Waals surface area (Å²) in [4.78, 5) is 90.8. The van der Waals surface area contributed by atoms with E-state index in [0.717, 1.165) is 6.08 Å². The van der Waals surface area contributed by atoms with Crippen LogP contribution in [0.1, 0.15) is 74.7 Å². The molecule has 12 fully saturated rings. The third-order valence-electron chi connectivity index (χ3n) is 19.4. The minimum Gasteiger partial charge on any atom is -0.462 e. The van der Waals surface area contributed by atoms with E-state index in [-0.39, 0.29) is 103 Å². The number of esters is 4. The van der Waals surface area contributed by atoms with Crippen LogP contribution in [0.2, 0.25) is 0 Å². The minimum absolute atomic E-state index is 0.0153. The van der Waals surface area contributed by atoms with Gasteiger partial charge in [-0.1, -0.05) is 33.2 Å². The lowest BCUT2D eigenvalue weighted by molar-refractivity contribution is -0.183. The van der Waals surface area contributed by atoms with Gasteiger partial charge in [-0.25, -0.2) is 0 Å². The van der Waals surface area contributed by atoms with E-state index >= 15 is 0 Å². The number of carbonyl (C=O) groups excluding carboxylic acids is 8. The number of nitrogens with one attached hydrogen (secondary N) is 4. The Bertz CT molecular complexity index is 3750. The van der Waals surface area contributed by atoms with Crippen molar-refractivity contribution < 1.29 is 146 Å². The van der Waals surface area contributed by atoms with E-state index in [1.54, 1.807) is 27.7 Å². The minimum atomic E-state index is -3.70. The zero-order valence-electron chi connectivity index (χ0n) is 56.0. The first-order valence-corrected chi connectivity index (χ1v) is 37.7. The van der Waals surface area contributed by atoms with Crippen molar-refractivity contribution in [3.8, 4) is 0 Å². The molecule has 21 atom stereocenters. The normalized spacial score (nSPS) is 37.8. The predicted molar refractivity (Wildman–Crippen MR) is 336 cm³/mol. The molecular formula is C60H84N4O32S4. The number of amides is 4. The molecule has 0 aromatic heterocycles. The van der Waals surface area contributed by atoms with Crippen LogP contribution in [-0.4, -0.2) is 277 Å². The number of hydrogen-bond donors (Lipinski definition) is 4. The summed E-state index contributed by atoms with van der Waals surface area (Å²) < 4.78 is 182. The Kier molecular flexibility index (Phi) is 23.5. The molecule has 100 heavy (non-hydrogen) atoms. The molecule has 12 aliphatic heterocycles.